The molecular weight excluding hydrogens is 638 g/mol. The lowest BCUT2D eigenvalue weighted by atomic mass is 9.60. The third-order valence-electron chi connectivity index (χ3n) is 8.99. The monoisotopic (exact) mass is 703 g/mol. The van der Waals surface area contributed by atoms with Gasteiger partial charge in [0.25, 0.3) is 0 Å². The second-order valence-electron chi connectivity index (χ2n) is 14.3. The number of carboxylic acid groups (broad SMARTS) is 1. The molecular formula is C40H65NO9. The molecule has 1 amide bonds. The van der Waals surface area contributed by atoms with Gasteiger partial charge in [-0.1, -0.05) is 83.1 Å². The highest BCUT2D eigenvalue weighted by Crippen LogP contribution is 2.46. The van der Waals surface area contributed by atoms with Gasteiger partial charge in [-0.25, -0.2) is 4.79 Å². The summed E-state index contributed by atoms with van der Waals surface area (Å²) >= 11 is 0. The number of benzene rings is 1. The van der Waals surface area contributed by atoms with Crippen LogP contribution in [-0.4, -0.2) is 65.4 Å². The Bertz CT molecular complexity index is 1190. The van der Waals surface area contributed by atoms with Crippen molar-refractivity contribution < 1.29 is 43.6 Å². The summed E-state index contributed by atoms with van der Waals surface area (Å²) in [6.07, 6.45) is 14.5. The summed E-state index contributed by atoms with van der Waals surface area (Å²) in [6.45, 7) is 9.44. The fraction of sp³-hybridized carbons (Fsp3) is 0.700. The third-order valence-corrected chi connectivity index (χ3v) is 8.99. The summed E-state index contributed by atoms with van der Waals surface area (Å²) in [5, 5.41) is 23.0. The number of esters is 1. The standard InChI is InChI=1S/C40H65NO9/c1-7-9-11-14-17-20-32(42)21-18-15-12-13-16-19-26-39(36(41)45,40(47,27-29-48-6)37(46)50-38(3,4)5)34(35(43)44)30-31-22-24-33(25-23-31)49-28-10-8-2/h19,22-26,34,47H,7-18,20-21,27-30H2,1-6H3,(H2,41,45)(H,43,44)/b26-19+/t34-,39+,40-/m1/s1. The lowest BCUT2D eigenvalue weighted by Gasteiger charge is -2.45. The van der Waals surface area contributed by atoms with E-state index in [1.165, 1.54) is 32.4 Å². The molecule has 1 rings (SSSR count). The average Bonchev–Trinajstić information content (AvgIpc) is 3.05. The van der Waals surface area contributed by atoms with Gasteiger partial charge in [-0.05, 0) is 77.0 Å². The van der Waals surface area contributed by atoms with Crippen LogP contribution in [0.15, 0.2) is 36.4 Å². The summed E-state index contributed by atoms with van der Waals surface area (Å²) in [7, 11) is 1.37. The number of carbonyl (C=O) groups excluding carboxylic acids is 3. The number of rotatable bonds is 28. The number of carbonyl (C=O) groups is 4. The summed E-state index contributed by atoms with van der Waals surface area (Å²) in [6, 6.07) is 6.84. The van der Waals surface area contributed by atoms with E-state index in [4.69, 9.17) is 19.9 Å². The molecule has 3 atom stereocenters. The van der Waals surface area contributed by atoms with Crippen molar-refractivity contribution in [3.63, 3.8) is 0 Å². The lowest BCUT2D eigenvalue weighted by Crippen LogP contribution is -2.65. The Balaban J connectivity index is 3.33. The summed E-state index contributed by atoms with van der Waals surface area (Å²) in [5.74, 6) is -4.47. The number of ether oxygens (including phenoxy) is 3. The molecule has 10 nitrogen and oxygen atoms in total. The van der Waals surface area contributed by atoms with E-state index in [-0.39, 0.29) is 13.0 Å². The number of unbranched alkanes of at least 4 members (excludes halogenated alkanes) is 9. The van der Waals surface area contributed by atoms with Gasteiger partial charge in [0, 0.05) is 33.0 Å². The highest BCUT2D eigenvalue weighted by atomic mass is 16.6. The van der Waals surface area contributed by atoms with Gasteiger partial charge < -0.3 is 30.2 Å². The van der Waals surface area contributed by atoms with Crippen molar-refractivity contribution in [3.05, 3.63) is 42.0 Å². The number of amides is 1. The van der Waals surface area contributed by atoms with Crippen LogP contribution in [-0.2, 0) is 35.1 Å². The van der Waals surface area contributed by atoms with E-state index in [0.717, 1.165) is 44.9 Å². The van der Waals surface area contributed by atoms with E-state index in [1.807, 2.05) is 0 Å². The van der Waals surface area contributed by atoms with Crippen LogP contribution in [0.4, 0.5) is 0 Å². The SMILES string of the molecule is CCCCCCCC(=O)CCCCCC/C=C/[C@@](C(N)=O)([C@H](Cc1ccc(OCCCC)cc1)C(=O)O)[C@@](O)(CCOC)C(=O)OC(C)(C)C. The molecule has 0 saturated carbocycles. The van der Waals surface area contributed by atoms with Gasteiger partial charge in [-0.15, -0.1) is 0 Å². The number of aliphatic carboxylic acids is 1. The Morgan fingerprint density at radius 3 is 1.94 bits per heavy atom. The van der Waals surface area contributed by atoms with Crippen molar-refractivity contribution in [2.45, 2.75) is 149 Å². The van der Waals surface area contributed by atoms with Gasteiger partial charge in [-0.2, -0.15) is 0 Å². The molecule has 0 aromatic heterocycles. The van der Waals surface area contributed by atoms with E-state index < -0.39 is 46.8 Å². The van der Waals surface area contributed by atoms with Gasteiger partial charge in [0.1, 0.15) is 22.5 Å². The molecule has 0 spiro atoms. The molecule has 50 heavy (non-hydrogen) atoms. The van der Waals surface area contributed by atoms with Crippen molar-refractivity contribution in [3.8, 4) is 5.75 Å². The van der Waals surface area contributed by atoms with E-state index in [0.29, 0.717) is 49.4 Å². The minimum absolute atomic E-state index is 0.174. The Kier molecular flexibility index (Phi) is 20.8. The van der Waals surface area contributed by atoms with E-state index in [9.17, 15) is 29.4 Å². The number of Topliss-reactive ketones (excluding diaryl/α,β-unsaturated/α-hetero) is 1. The predicted octanol–water partition coefficient (Wildman–Crippen LogP) is 7.52. The number of carboxylic acids is 1. The molecule has 10 heteroatoms. The largest absolute Gasteiger partial charge is 0.494 e. The number of ketones is 1. The molecule has 1 aromatic carbocycles. The molecule has 0 fully saturated rings. The number of aliphatic hydroxyl groups is 1. The van der Waals surface area contributed by atoms with Crippen molar-refractivity contribution in [2.24, 2.45) is 17.1 Å². The molecule has 0 heterocycles. The lowest BCUT2D eigenvalue weighted by molar-refractivity contribution is -0.200. The Hall–Kier alpha value is -3.24. The molecule has 0 radical (unpaired) electrons. The number of primary amides is 1. The number of nitrogens with two attached hydrogens (primary N) is 1. The number of allylic oxidation sites excluding steroid dienone is 1. The van der Waals surface area contributed by atoms with Crippen LogP contribution in [0.25, 0.3) is 0 Å². The Morgan fingerprint density at radius 1 is 0.840 bits per heavy atom. The van der Waals surface area contributed by atoms with Crippen LogP contribution >= 0.6 is 0 Å². The normalized spacial score (nSPS) is 14.9. The fourth-order valence-corrected chi connectivity index (χ4v) is 6.08. The first-order valence-electron chi connectivity index (χ1n) is 18.6. The van der Waals surface area contributed by atoms with Gasteiger partial charge in [-0.3, -0.25) is 14.4 Å². The van der Waals surface area contributed by atoms with E-state index in [2.05, 4.69) is 13.8 Å². The molecule has 284 valence electrons. The van der Waals surface area contributed by atoms with Gasteiger partial charge in [0.05, 0.1) is 12.5 Å². The van der Waals surface area contributed by atoms with Crippen LogP contribution < -0.4 is 10.5 Å². The zero-order chi connectivity index (χ0) is 37.6. The Labute approximate surface area is 300 Å². The summed E-state index contributed by atoms with van der Waals surface area (Å²) in [4.78, 5) is 52.9. The molecule has 0 aliphatic rings. The van der Waals surface area contributed by atoms with Crippen molar-refractivity contribution in [1.29, 1.82) is 0 Å². The first-order chi connectivity index (χ1) is 23.7. The van der Waals surface area contributed by atoms with Gasteiger partial charge in [0.2, 0.25) is 5.91 Å². The second kappa shape index (κ2) is 23.3. The highest BCUT2D eigenvalue weighted by Gasteiger charge is 2.65. The van der Waals surface area contributed by atoms with Gasteiger partial charge >= 0.3 is 11.9 Å². The average molecular weight is 704 g/mol. The molecule has 0 saturated heterocycles. The van der Waals surface area contributed by atoms with Crippen molar-refractivity contribution in [2.75, 3.05) is 20.3 Å². The number of hydrogen-bond donors (Lipinski definition) is 3. The quantitative estimate of drug-likeness (QED) is 0.0455. The third kappa shape index (κ3) is 14.9. The molecule has 0 aliphatic carbocycles. The first-order valence-corrected chi connectivity index (χ1v) is 18.6. The van der Waals surface area contributed by atoms with Crippen LogP contribution in [0.3, 0.4) is 0 Å². The smallest absolute Gasteiger partial charge is 0.340 e. The van der Waals surface area contributed by atoms with E-state index in [1.54, 1.807) is 51.1 Å². The fourth-order valence-electron chi connectivity index (χ4n) is 6.08. The molecule has 0 aliphatic heterocycles. The zero-order valence-electron chi connectivity index (χ0n) is 31.6. The number of hydrogen-bond acceptors (Lipinski definition) is 8. The molecule has 0 unspecified atom stereocenters. The number of methoxy groups -OCH3 is 1. The summed E-state index contributed by atoms with van der Waals surface area (Å²) in [5.41, 5.74) is 0.474. The van der Waals surface area contributed by atoms with Crippen molar-refractivity contribution >= 4 is 23.6 Å². The van der Waals surface area contributed by atoms with Gasteiger partial charge in [0.15, 0.2) is 5.60 Å². The molecule has 0 bridgehead atoms. The van der Waals surface area contributed by atoms with Crippen molar-refractivity contribution in [1.82, 2.24) is 0 Å². The van der Waals surface area contributed by atoms with Crippen LogP contribution in [0.1, 0.15) is 136 Å². The zero-order valence-corrected chi connectivity index (χ0v) is 31.6. The predicted molar refractivity (Wildman–Crippen MR) is 196 cm³/mol. The first kappa shape index (κ1) is 44.8. The highest BCUT2D eigenvalue weighted by molar-refractivity contribution is 5.97. The van der Waals surface area contributed by atoms with Crippen LogP contribution in [0.5, 0.6) is 5.75 Å². The second-order valence-corrected chi connectivity index (χ2v) is 14.3. The minimum Gasteiger partial charge on any atom is -0.494 e. The summed E-state index contributed by atoms with van der Waals surface area (Å²) < 4.78 is 16.6. The molecule has 1 aromatic rings. The van der Waals surface area contributed by atoms with Crippen LogP contribution in [0.2, 0.25) is 0 Å². The van der Waals surface area contributed by atoms with E-state index >= 15 is 0 Å². The topological polar surface area (TPSA) is 162 Å². The maximum atomic E-state index is 13.9. The maximum absolute atomic E-state index is 13.9. The minimum atomic E-state index is -2.68. The molecule has 4 N–H and O–H groups in total. The Morgan fingerprint density at radius 2 is 1.42 bits per heavy atom. The maximum Gasteiger partial charge on any atom is 0.340 e. The van der Waals surface area contributed by atoms with Crippen LogP contribution in [0, 0.1) is 11.3 Å².